The molecule has 0 unspecified atom stereocenters. The van der Waals surface area contributed by atoms with Gasteiger partial charge in [-0.25, -0.2) is 10.1 Å². The van der Waals surface area contributed by atoms with Gasteiger partial charge in [0.15, 0.2) is 0 Å². The lowest BCUT2D eigenvalue weighted by Crippen LogP contribution is -2.02. The smallest absolute Gasteiger partial charge is 0.260 e. The molecule has 0 bridgehead atoms. The predicted molar refractivity (Wildman–Crippen MR) is 13.9 cm³/mol. The molecule has 6 heteroatoms. The second kappa shape index (κ2) is 3.34. The lowest BCUT2D eigenvalue weighted by Gasteiger charge is -1.87. The topological polar surface area (TPSA) is 85.2 Å². The number of rotatable bonds is 1. The summed E-state index contributed by atoms with van der Waals surface area (Å²) in [5.41, 5.74) is 0. The molecule has 42 valence electrons. The zero-order chi connectivity index (χ0) is 5.70. The normalized spacial score (nSPS) is 7.71. The standard InChI is InChI=1S/CH2O6/c2-1(5-3)6-7-4/h3-4H. The minimum absolute atomic E-state index is 1.54. The first kappa shape index (κ1) is 6.15. The number of hydrogen-bond donors (Lipinski definition) is 2. The van der Waals surface area contributed by atoms with E-state index in [4.69, 9.17) is 10.5 Å². The lowest BCUT2D eigenvalue weighted by molar-refractivity contribution is -0.469. The van der Waals surface area contributed by atoms with E-state index in [2.05, 4.69) is 14.8 Å². The zero-order valence-corrected chi connectivity index (χ0v) is 3.03. The van der Waals surface area contributed by atoms with Crippen molar-refractivity contribution in [3.8, 4) is 0 Å². The Hall–Kier alpha value is -0.850. The molecule has 0 atom stereocenters. The largest absolute Gasteiger partial charge is 0.575 e. The van der Waals surface area contributed by atoms with E-state index < -0.39 is 6.16 Å². The van der Waals surface area contributed by atoms with Crippen molar-refractivity contribution in [3.05, 3.63) is 0 Å². The van der Waals surface area contributed by atoms with E-state index in [0.29, 0.717) is 0 Å². The molecular formula is CH2O6. The van der Waals surface area contributed by atoms with Crippen LogP contribution in [-0.4, -0.2) is 16.7 Å². The SMILES string of the molecule is O=C(OO)OOO. The predicted octanol–water partition coefficient (Wildman–Crippen LogP) is 0.0172. The second-order valence-corrected chi connectivity index (χ2v) is 0.499. The van der Waals surface area contributed by atoms with Gasteiger partial charge in [0.2, 0.25) is 0 Å². The molecule has 0 heterocycles. The maximum atomic E-state index is 9.43. The van der Waals surface area contributed by atoms with Crippen LogP contribution in [0.15, 0.2) is 0 Å². The second-order valence-electron chi connectivity index (χ2n) is 0.499. The maximum Gasteiger partial charge on any atom is 0.575 e. The summed E-state index contributed by atoms with van der Waals surface area (Å²) in [5, 5.41) is 17.3. The van der Waals surface area contributed by atoms with Crippen LogP contribution in [0.3, 0.4) is 0 Å². The van der Waals surface area contributed by atoms with Crippen LogP contribution in [0.2, 0.25) is 0 Å². The van der Waals surface area contributed by atoms with Crippen LogP contribution in [0, 0.1) is 0 Å². The molecule has 0 aromatic rings. The van der Waals surface area contributed by atoms with Gasteiger partial charge in [0.1, 0.15) is 0 Å². The van der Waals surface area contributed by atoms with Gasteiger partial charge in [-0.1, -0.05) is 0 Å². The highest BCUT2D eigenvalue weighted by atomic mass is 17.5. The Labute approximate surface area is 37.6 Å². The highest BCUT2D eigenvalue weighted by molar-refractivity contribution is 5.57. The Bertz CT molecular complexity index is 57.2. The Morgan fingerprint density at radius 2 is 2.00 bits per heavy atom. The minimum Gasteiger partial charge on any atom is -0.260 e. The lowest BCUT2D eigenvalue weighted by atomic mass is 11.4. The van der Waals surface area contributed by atoms with Crippen molar-refractivity contribution in [2.75, 3.05) is 0 Å². The third-order valence-electron chi connectivity index (χ3n) is 0.180. The van der Waals surface area contributed by atoms with Crippen LogP contribution < -0.4 is 0 Å². The molecule has 0 saturated carbocycles. The Morgan fingerprint density at radius 1 is 1.43 bits per heavy atom. The molecular weight excluding hydrogens is 108 g/mol. The van der Waals surface area contributed by atoms with E-state index in [1.54, 1.807) is 0 Å². The molecule has 0 amide bonds. The molecule has 0 aromatic heterocycles. The number of carbonyl (C=O) groups is 1. The van der Waals surface area contributed by atoms with E-state index in [1.807, 2.05) is 0 Å². The summed E-state index contributed by atoms with van der Waals surface area (Å²) in [5.74, 6) is 0. The third-order valence-corrected chi connectivity index (χ3v) is 0.180. The van der Waals surface area contributed by atoms with Crippen molar-refractivity contribution in [1.82, 2.24) is 0 Å². The monoisotopic (exact) mass is 110 g/mol. The Balaban J connectivity index is 3.00. The van der Waals surface area contributed by atoms with Crippen molar-refractivity contribution in [2.45, 2.75) is 0 Å². The van der Waals surface area contributed by atoms with Crippen LogP contribution in [0.1, 0.15) is 0 Å². The fraction of sp³-hybridized carbons (Fsp3) is 0. The molecule has 0 fully saturated rings. The Morgan fingerprint density at radius 3 is 2.14 bits per heavy atom. The molecule has 0 saturated heterocycles. The summed E-state index contributed by atoms with van der Waals surface area (Å²) in [6.07, 6.45) is -1.54. The van der Waals surface area contributed by atoms with Gasteiger partial charge in [-0.3, -0.25) is 4.89 Å². The van der Waals surface area contributed by atoms with Crippen LogP contribution in [0.5, 0.6) is 0 Å². The molecule has 6 nitrogen and oxygen atoms in total. The number of hydrogen-bond acceptors (Lipinski definition) is 6. The molecule has 2 N–H and O–H groups in total. The van der Waals surface area contributed by atoms with E-state index in [1.165, 1.54) is 0 Å². The molecule has 0 aliphatic rings. The van der Waals surface area contributed by atoms with Crippen molar-refractivity contribution in [3.63, 3.8) is 0 Å². The van der Waals surface area contributed by atoms with Gasteiger partial charge < -0.3 is 0 Å². The van der Waals surface area contributed by atoms with Gasteiger partial charge in [0.05, 0.1) is 0 Å². The van der Waals surface area contributed by atoms with Gasteiger partial charge in [-0.05, 0) is 5.04 Å². The third kappa shape index (κ3) is 2.97. The number of carbonyl (C=O) groups excluding carboxylic acids is 1. The van der Waals surface area contributed by atoms with Crippen molar-refractivity contribution in [2.24, 2.45) is 0 Å². The van der Waals surface area contributed by atoms with Crippen LogP contribution in [-0.2, 0) is 14.8 Å². The van der Waals surface area contributed by atoms with Crippen LogP contribution in [0.25, 0.3) is 0 Å². The Kier molecular flexibility index (Phi) is 2.94. The molecule has 0 aliphatic heterocycles. The molecule has 0 radical (unpaired) electrons. The van der Waals surface area contributed by atoms with E-state index >= 15 is 0 Å². The fourth-order valence-corrected chi connectivity index (χ4v) is 0.0456. The van der Waals surface area contributed by atoms with Gasteiger partial charge >= 0.3 is 6.16 Å². The first-order chi connectivity index (χ1) is 3.31. The van der Waals surface area contributed by atoms with Gasteiger partial charge in [-0.15, -0.1) is 0 Å². The van der Waals surface area contributed by atoms with Gasteiger partial charge in [0, 0.05) is 0 Å². The maximum absolute atomic E-state index is 9.43. The fourth-order valence-electron chi connectivity index (χ4n) is 0.0456. The van der Waals surface area contributed by atoms with Crippen molar-refractivity contribution < 1.29 is 30.1 Å². The van der Waals surface area contributed by atoms with E-state index in [0.717, 1.165) is 0 Å². The molecule has 0 rings (SSSR count). The van der Waals surface area contributed by atoms with Gasteiger partial charge in [-0.2, -0.15) is 10.1 Å². The van der Waals surface area contributed by atoms with Crippen molar-refractivity contribution >= 4 is 6.16 Å². The summed E-state index contributed by atoms with van der Waals surface area (Å²) in [6.45, 7) is 0. The summed E-state index contributed by atoms with van der Waals surface area (Å²) < 4.78 is 0. The van der Waals surface area contributed by atoms with Crippen molar-refractivity contribution in [1.29, 1.82) is 0 Å². The first-order valence-electron chi connectivity index (χ1n) is 1.14. The van der Waals surface area contributed by atoms with Gasteiger partial charge in [0.25, 0.3) is 0 Å². The summed E-state index contributed by atoms with van der Waals surface area (Å²) in [4.78, 5) is 15.4. The zero-order valence-electron chi connectivity index (χ0n) is 3.03. The summed E-state index contributed by atoms with van der Waals surface area (Å²) >= 11 is 0. The van der Waals surface area contributed by atoms with E-state index in [9.17, 15) is 4.79 Å². The highest BCUT2D eigenvalue weighted by Gasteiger charge is 2.00. The summed E-state index contributed by atoms with van der Waals surface area (Å²) in [6, 6.07) is 0. The highest BCUT2D eigenvalue weighted by Crippen LogP contribution is 1.77. The molecule has 0 spiro atoms. The minimum atomic E-state index is -1.54. The van der Waals surface area contributed by atoms with E-state index in [-0.39, 0.29) is 0 Å². The van der Waals surface area contributed by atoms with Crippen LogP contribution in [0.4, 0.5) is 4.79 Å². The average molecular weight is 110 g/mol. The first-order valence-corrected chi connectivity index (χ1v) is 1.14. The molecule has 0 aliphatic carbocycles. The molecule has 7 heavy (non-hydrogen) atoms. The summed E-state index contributed by atoms with van der Waals surface area (Å²) in [7, 11) is 0. The molecule has 0 aromatic carbocycles. The average Bonchev–Trinajstić information content (AvgIpc) is 1.68. The quantitative estimate of drug-likeness (QED) is 0.365. The van der Waals surface area contributed by atoms with Crippen LogP contribution >= 0.6 is 0 Å².